The lowest BCUT2D eigenvalue weighted by Crippen LogP contribution is -2.12. The van der Waals surface area contributed by atoms with Crippen LogP contribution in [0.3, 0.4) is 0 Å². The van der Waals surface area contributed by atoms with Crippen molar-refractivity contribution in [2.75, 3.05) is 7.05 Å². The number of nitrogens with one attached hydrogen (secondary N) is 1. The van der Waals surface area contributed by atoms with Crippen molar-refractivity contribution < 1.29 is 4.74 Å². The highest BCUT2D eigenvalue weighted by Gasteiger charge is 2.07. The highest BCUT2D eigenvalue weighted by molar-refractivity contribution is 5.40. The second kappa shape index (κ2) is 5.01. The quantitative estimate of drug-likeness (QED) is 0.793. The molecule has 0 atom stereocenters. The fraction of sp³-hybridized carbons (Fsp3) is 0.500. The summed E-state index contributed by atoms with van der Waals surface area (Å²) in [5, 5.41) is 3.14. The third kappa shape index (κ3) is 2.74. The Bertz CT molecular complexity index is 294. The minimum atomic E-state index is 0.228. The zero-order valence-electron chi connectivity index (χ0n) is 9.42. The number of para-hydroxylation sites is 1. The second-order valence-corrected chi connectivity index (χ2v) is 3.76. The molecule has 0 aromatic heterocycles. The first kappa shape index (κ1) is 11.1. The summed E-state index contributed by atoms with van der Waals surface area (Å²) in [5.74, 6) is 1.02. The average molecular weight is 193 g/mol. The Morgan fingerprint density at radius 1 is 1.36 bits per heavy atom. The topological polar surface area (TPSA) is 21.3 Å². The first-order valence-electron chi connectivity index (χ1n) is 5.05. The normalized spacial score (nSPS) is 10.6. The van der Waals surface area contributed by atoms with Crippen LogP contribution in [0.15, 0.2) is 18.2 Å². The van der Waals surface area contributed by atoms with Crippen LogP contribution in [-0.4, -0.2) is 13.2 Å². The van der Waals surface area contributed by atoms with Gasteiger partial charge in [-0.25, -0.2) is 0 Å². The summed E-state index contributed by atoms with van der Waals surface area (Å²) < 4.78 is 5.79. The van der Waals surface area contributed by atoms with Crippen LogP contribution in [0.4, 0.5) is 0 Å². The average Bonchev–Trinajstić information content (AvgIpc) is 2.11. The van der Waals surface area contributed by atoms with E-state index < -0.39 is 0 Å². The van der Waals surface area contributed by atoms with Gasteiger partial charge in [0.1, 0.15) is 5.75 Å². The minimum absolute atomic E-state index is 0.228. The smallest absolute Gasteiger partial charge is 0.127 e. The van der Waals surface area contributed by atoms with E-state index in [0.717, 1.165) is 12.3 Å². The summed E-state index contributed by atoms with van der Waals surface area (Å²) in [6.45, 7) is 7.03. The van der Waals surface area contributed by atoms with E-state index in [4.69, 9.17) is 4.74 Å². The van der Waals surface area contributed by atoms with Gasteiger partial charge in [-0.05, 0) is 33.4 Å². The molecule has 1 rings (SSSR count). The third-order valence-corrected chi connectivity index (χ3v) is 2.01. The monoisotopic (exact) mass is 193 g/mol. The Kier molecular flexibility index (Phi) is 3.96. The van der Waals surface area contributed by atoms with Crippen LogP contribution >= 0.6 is 0 Å². The molecule has 0 bridgehead atoms. The Hall–Kier alpha value is -1.02. The molecule has 2 heteroatoms. The van der Waals surface area contributed by atoms with Crippen molar-refractivity contribution in [1.29, 1.82) is 0 Å². The van der Waals surface area contributed by atoms with Crippen molar-refractivity contribution in [2.24, 2.45) is 0 Å². The molecule has 0 heterocycles. The largest absolute Gasteiger partial charge is 0.490 e. The van der Waals surface area contributed by atoms with Crippen molar-refractivity contribution in [3.8, 4) is 5.75 Å². The van der Waals surface area contributed by atoms with Gasteiger partial charge in [0.15, 0.2) is 0 Å². The number of ether oxygens (including phenoxy) is 1. The summed E-state index contributed by atoms with van der Waals surface area (Å²) >= 11 is 0. The lowest BCUT2D eigenvalue weighted by Gasteiger charge is -2.16. The lowest BCUT2D eigenvalue weighted by molar-refractivity contribution is 0.238. The van der Waals surface area contributed by atoms with Gasteiger partial charge in [0, 0.05) is 12.1 Å². The fourth-order valence-electron chi connectivity index (χ4n) is 1.45. The molecule has 0 aliphatic heterocycles. The van der Waals surface area contributed by atoms with E-state index in [-0.39, 0.29) is 6.10 Å². The summed E-state index contributed by atoms with van der Waals surface area (Å²) in [6.07, 6.45) is 0.228. The Morgan fingerprint density at radius 3 is 2.64 bits per heavy atom. The van der Waals surface area contributed by atoms with E-state index in [0.29, 0.717) is 0 Å². The predicted molar refractivity (Wildman–Crippen MR) is 59.7 cm³/mol. The first-order chi connectivity index (χ1) is 6.65. The molecule has 0 radical (unpaired) electrons. The number of rotatable bonds is 4. The maximum atomic E-state index is 5.79. The van der Waals surface area contributed by atoms with Gasteiger partial charge < -0.3 is 10.1 Å². The van der Waals surface area contributed by atoms with Crippen LogP contribution in [0.1, 0.15) is 25.0 Å². The zero-order valence-corrected chi connectivity index (χ0v) is 9.42. The van der Waals surface area contributed by atoms with Gasteiger partial charge >= 0.3 is 0 Å². The molecule has 0 aliphatic carbocycles. The van der Waals surface area contributed by atoms with Gasteiger partial charge in [0.05, 0.1) is 6.10 Å². The van der Waals surface area contributed by atoms with E-state index in [2.05, 4.69) is 44.3 Å². The molecule has 0 saturated carbocycles. The predicted octanol–water partition coefficient (Wildman–Crippen LogP) is 2.50. The van der Waals surface area contributed by atoms with Crippen molar-refractivity contribution in [1.82, 2.24) is 5.32 Å². The molecule has 14 heavy (non-hydrogen) atoms. The van der Waals surface area contributed by atoms with Crippen molar-refractivity contribution in [2.45, 2.75) is 33.4 Å². The molecule has 0 saturated heterocycles. The standard InChI is InChI=1S/C12H19NO/c1-9(2)14-12-10(3)6-5-7-11(12)8-13-4/h5-7,9,13H,8H2,1-4H3. The highest BCUT2D eigenvalue weighted by Crippen LogP contribution is 2.24. The van der Waals surface area contributed by atoms with Crippen LogP contribution < -0.4 is 10.1 Å². The Labute approximate surface area is 86.3 Å². The van der Waals surface area contributed by atoms with Gasteiger partial charge in [-0.3, -0.25) is 0 Å². The van der Waals surface area contributed by atoms with E-state index >= 15 is 0 Å². The van der Waals surface area contributed by atoms with E-state index in [9.17, 15) is 0 Å². The molecule has 0 unspecified atom stereocenters. The molecule has 1 N–H and O–H groups in total. The fourth-order valence-corrected chi connectivity index (χ4v) is 1.45. The van der Waals surface area contributed by atoms with Gasteiger partial charge in [-0.2, -0.15) is 0 Å². The van der Waals surface area contributed by atoms with Crippen LogP contribution in [0, 0.1) is 6.92 Å². The van der Waals surface area contributed by atoms with Crippen LogP contribution in [0.2, 0.25) is 0 Å². The summed E-state index contributed by atoms with van der Waals surface area (Å²) in [7, 11) is 1.95. The first-order valence-corrected chi connectivity index (χ1v) is 5.05. The Morgan fingerprint density at radius 2 is 2.07 bits per heavy atom. The van der Waals surface area contributed by atoms with Crippen LogP contribution in [-0.2, 0) is 6.54 Å². The molecule has 2 nitrogen and oxygen atoms in total. The van der Waals surface area contributed by atoms with E-state index in [1.165, 1.54) is 11.1 Å². The van der Waals surface area contributed by atoms with Crippen LogP contribution in [0.5, 0.6) is 5.75 Å². The highest BCUT2D eigenvalue weighted by atomic mass is 16.5. The number of hydrogen-bond donors (Lipinski definition) is 1. The molecule has 0 fully saturated rings. The van der Waals surface area contributed by atoms with E-state index in [1.54, 1.807) is 0 Å². The number of hydrogen-bond acceptors (Lipinski definition) is 2. The SMILES string of the molecule is CNCc1cccc(C)c1OC(C)C. The number of benzene rings is 1. The molecular weight excluding hydrogens is 174 g/mol. The molecule has 1 aromatic carbocycles. The van der Waals surface area contributed by atoms with Crippen molar-refractivity contribution >= 4 is 0 Å². The van der Waals surface area contributed by atoms with Gasteiger partial charge in [0.25, 0.3) is 0 Å². The van der Waals surface area contributed by atoms with Gasteiger partial charge in [0.2, 0.25) is 0 Å². The summed E-state index contributed by atoms with van der Waals surface area (Å²) in [6, 6.07) is 6.24. The molecule has 0 aliphatic rings. The molecule has 1 aromatic rings. The molecule has 0 spiro atoms. The van der Waals surface area contributed by atoms with Gasteiger partial charge in [-0.1, -0.05) is 18.2 Å². The van der Waals surface area contributed by atoms with E-state index in [1.807, 2.05) is 7.05 Å². The Balaban J connectivity index is 2.96. The maximum Gasteiger partial charge on any atom is 0.127 e. The number of aryl methyl sites for hydroxylation is 1. The minimum Gasteiger partial charge on any atom is -0.490 e. The molecule has 78 valence electrons. The summed E-state index contributed by atoms with van der Waals surface area (Å²) in [4.78, 5) is 0. The van der Waals surface area contributed by atoms with Crippen LogP contribution in [0.25, 0.3) is 0 Å². The van der Waals surface area contributed by atoms with Crippen molar-refractivity contribution in [3.05, 3.63) is 29.3 Å². The molecular formula is C12H19NO. The third-order valence-electron chi connectivity index (χ3n) is 2.01. The maximum absolute atomic E-state index is 5.79. The second-order valence-electron chi connectivity index (χ2n) is 3.76. The van der Waals surface area contributed by atoms with Crippen molar-refractivity contribution in [3.63, 3.8) is 0 Å². The lowest BCUT2D eigenvalue weighted by atomic mass is 10.1. The zero-order chi connectivity index (χ0) is 10.6. The van der Waals surface area contributed by atoms with Gasteiger partial charge in [-0.15, -0.1) is 0 Å². The summed E-state index contributed by atoms with van der Waals surface area (Å²) in [5.41, 5.74) is 2.42. The molecule has 0 amide bonds.